The molecule has 0 aliphatic rings. The maximum atomic E-state index is 12.1. The molecule has 1 amide bonds. The van der Waals surface area contributed by atoms with Crippen molar-refractivity contribution in [2.45, 2.75) is 20.8 Å². The summed E-state index contributed by atoms with van der Waals surface area (Å²) in [5.41, 5.74) is 0. The van der Waals surface area contributed by atoms with E-state index in [0.717, 1.165) is 19.6 Å². The third-order valence-corrected chi connectivity index (χ3v) is 0.686. The molecule has 15 nitrogen and oxygen atoms in total. The molecule has 0 aromatic carbocycles. The summed E-state index contributed by atoms with van der Waals surface area (Å²) >= 11 is 0. The van der Waals surface area contributed by atoms with E-state index < -0.39 is 20.2 Å². The van der Waals surface area contributed by atoms with Gasteiger partial charge in [-0.3, -0.25) is 0 Å². The molecular weight excluding hydrogens is 364 g/mol. The lowest BCUT2D eigenvalue weighted by Crippen LogP contribution is -2.63. The van der Waals surface area contributed by atoms with Crippen LogP contribution >= 0.6 is 0 Å². The van der Waals surface area contributed by atoms with Crippen molar-refractivity contribution in [2.75, 3.05) is 26.7 Å². The first-order chi connectivity index (χ1) is 6.89. The number of amides is 1. The Morgan fingerprint density at radius 1 is 0.792 bits per heavy atom. The maximum absolute atomic E-state index is 12.1. The highest BCUT2D eigenvalue weighted by Crippen LogP contribution is 2.08. The molecule has 0 aliphatic carbocycles. The average Bonchev–Trinajstić information content (AvgIpc) is 2.20. The molecule has 0 atom stereocenters. The minimum Gasteiger partial charge on any atom is -0.412 e. The average molecular weight is 410 g/mol. The number of carbonyl (C=O) groups excluding carboxylic acids is 1. The third-order valence-electron chi connectivity index (χ3n) is 0.352. The molecule has 162 valence electrons. The highest BCUT2D eigenvalue weighted by atomic mass is 32.2. The SMILES string of the molecule is CC[NH8+9](CC)(CC)S(=O)(=O)NC(=O)OC.O.O.O.O.O.O.O.O.O. The molecule has 0 heterocycles. The van der Waals surface area contributed by atoms with E-state index in [-0.39, 0.29) is 49.3 Å². The first-order valence-corrected chi connectivity index (χ1v) is 4.80. The van der Waals surface area contributed by atoms with E-state index in [1.54, 1.807) is 0 Å². The van der Waals surface area contributed by atoms with Crippen LogP contribution in [-0.4, -0.2) is 90.5 Å². The van der Waals surface area contributed by atoms with Crippen LogP contribution in [0, 0.1) is 0 Å². The fraction of sp³-hybridized carbons (Fsp3) is 0.875. The standard InChI is InChI=1S/C8H19N2O4S.9H2O/c1-5-10(6-2,7-3)15(12,13)9-8(11)14-4;;;;;;;;;/h5-7H2,1-4H3,(H,9,11);9*1H2/q+9;;;;;;;;;. The van der Waals surface area contributed by atoms with Gasteiger partial charge in [0.15, 0.2) is 0 Å². The van der Waals surface area contributed by atoms with Gasteiger partial charge < -0.3 is 49.3 Å². The Labute approximate surface area is 140 Å². The van der Waals surface area contributed by atoms with Crippen LogP contribution in [0.4, 0.5) is 4.79 Å². The van der Waals surface area contributed by atoms with Gasteiger partial charge in [0.1, 0.15) is 0 Å². The molecule has 16 heteroatoms. The summed E-state index contributed by atoms with van der Waals surface area (Å²) in [5.74, 6) is 0. The molecule has 0 radical (unpaired) electrons. The molecule has 0 bridgehead atoms. The minimum absolute atomic E-state index is 0. The normalized spacial score (nSPS) is 7.67. The van der Waals surface area contributed by atoms with Crippen molar-refractivity contribution in [3.63, 3.8) is 0 Å². The van der Waals surface area contributed by atoms with E-state index >= 15 is 0 Å². The zero-order chi connectivity index (χ0) is 12.1. The van der Waals surface area contributed by atoms with Crippen LogP contribution in [0.3, 0.4) is 0 Å². The number of rotatable bonds is 5. The van der Waals surface area contributed by atoms with Crippen LogP contribution < -0.4 is 8.61 Å². The van der Waals surface area contributed by atoms with Gasteiger partial charge in [0, 0.05) is 0 Å². The van der Waals surface area contributed by atoms with Crippen LogP contribution in [0.2, 0.25) is 0 Å². The Balaban J connectivity index is -0.0000000272. The van der Waals surface area contributed by atoms with Crippen molar-refractivity contribution in [3.05, 3.63) is 0 Å². The van der Waals surface area contributed by atoms with E-state index in [0.29, 0.717) is 0 Å². The van der Waals surface area contributed by atoms with Crippen molar-refractivity contribution >= 4 is 16.3 Å². The number of hydrogen-bond donors (Lipinski definition) is 1. The van der Waals surface area contributed by atoms with Gasteiger partial charge in [0.25, 0.3) is 0 Å². The molecule has 0 rings (SSSR count). The molecule has 0 aromatic heterocycles. The molecule has 27 N–H and O–H groups in total. The Morgan fingerprint density at radius 2 is 1.04 bits per heavy atom. The summed E-state index contributed by atoms with van der Waals surface area (Å²) in [7, 11) is -2.05. The Bertz CT molecular complexity index is 312. The summed E-state index contributed by atoms with van der Waals surface area (Å²) in [4.78, 5) is 11.0. The van der Waals surface area contributed by atoms with Gasteiger partial charge in [0.05, 0.1) is 0 Å². The van der Waals surface area contributed by atoms with E-state index in [1.807, 2.05) is 20.8 Å². The first-order valence-electron chi connectivity index (χ1n) is 3.73. The van der Waals surface area contributed by atoms with E-state index in [4.69, 9.17) is 0 Å². The largest absolute Gasteiger partial charge is 0.412 e. The second-order valence-corrected chi connectivity index (χ2v) is 1.50. The van der Waals surface area contributed by atoms with Crippen molar-refractivity contribution in [2.24, 2.45) is 0 Å². The monoisotopic (exact) mass is 409 g/mol. The summed E-state index contributed by atoms with van der Waals surface area (Å²) in [6.07, 6.45) is -0.826. The topological polar surface area (TPSA) is 366 Å². The van der Waals surface area contributed by atoms with E-state index in [1.165, 1.54) is 7.11 Å². The Hall–Kier alpha value is -1.18. The molecular formula is C8H45N2O13S+9. The molecule has 0 unspecified atom stereocenters. The van der Waals surface area contributed by atoms with Gasteiger partial charge in [-0.15, -0.1) is 0 Å². The molecule has 0 spiro atoms. The lowest BCUT2D eigenvalue weighted by atomic mass is 10.5. The predicted octanol–water partition coefficient (Wildman–Crippen LogP) is -5.39. The van der Waals surface area contributed by atoms with Crippen LogP contribution in [-0.2, 0) is 14.9 Å². The van der Waals surface area contributed by atoms with Crippen molar-refractivity contribution in [3.8, 4) is 0 Å². The van der Waals surface area contributed by atoms with Crippen molar-refractivity contribution < 1.29 is 67.2 Å². The fourth-order valence-corrected chi connectivity index (χ4v) is 0.329. The Kier molecular flexibility index (Phi) is 73.6. The minimum atomic E-state index is -5.85. The number of methoxy groups -OCH3 is 1. The lowest BCUT2D eigenvalue weighted by molar-refractivity contribution is 0.176. The molecule has 0 aromatic rings. The smallest absolute Gasteiger partial charge is 0.412 e. The van der Waals surface area contributed by atoms with Crippen LogP contribution in [0.15, 0.2) is 0 Å². The van der Waals surface area contributed by atoms with Gasteiger partial charge >= 0.3 is 90.4 Å². The zero-order valence-corrected chi connectivity index (χ0v) is 14.5. The molecule has 0 fully saturated rings. The Morgan fingerprint density at radius 3 is 1.21 bits per heavy atom. The van der Waals surface area contributed by atoms with Gasteiger partial charge in [-0.1, -0.05) is 0 Å². The summed E-state index contributed by atoms with van der Waals surface area (Å²) < 4.78 is 24.8. The quantitative estimate of drug-likeness (QED) is 0.463. The van der Waals surface area contributed by atoms with E-state index in [9.17, 15) is 13.2 Å². The highest BCUT2D eigenvalue weighted by molar-refractivity contribution is 7.89. The second-order valence-electron chi connectivity index (χ2n) is 0.828. The van der Waals surface area contributed by atoms with Gasteiger partial charge in [-0.25, -0.2) is 0 Å². The number of hydrogen-bond acceptors (Lipinski definition) is 4. The molecule has 0 saturated carbocycles. The van der Waals surface area contributed by atoms with Crippen LogP contribution in [0.25, 0.3) is 0 Å². The van der Waals surface area contributed by atoms with Crippen molar-refractivity contribution in [1.29, 1.82) is 0 Å². The van der Waals surface area contributed by atoms with E-state index in [2.05, 4.69) is 9.46 Å². The number of nitrogens with one attached hydrogen (secondary N) is 1. The summed E-state index contributed by atoms with van der Waals surface area (Å²) in [6, 6.07) is 0. The zero-order valence-electron chi connectivity index (χ0n) is 13.7. The second kappa shape index (κ2) is 26.7. The van der Waals surface area contributed by atoms with Crippen LogP contribution in [0.5, 0.6) is 0 Å². The third kappa shape index (κ3) is 14.4. The molecule has 0 saturated heterocycles. The van der Waals surface area contributed by atoms with Crippen LogP contribution in [0.1, 0.15) is 20.8 Å². The maximum Gasteiger partial charge on any atom is -0.412 e. The first kappa shape index (κ1) is 66.1. The molecule has 0 aliphatic heterocycles. The van der Waals surface area contributed by atoms with Crippen molar-refractivity contribution in [1.82, 2.24) is 8.61 Å². The van der Waals surface area contributed by atoms with Gasteiger partial charge in [0.2, 0.25) is 0 Å². The fourth-order valence-electron chi connectivity index (χ4n) is 0.110. The predicted molar refractivity (Wildman–Crippen MR) is 98.4 cm³/mol. The summed E-state index contributed by atoms with van der Waals surface area (Å²) in [5, 5.41) is 0. The van der Waals surface area contributed by atoms with Gasteiger partial charge in [-0.05, 0) is 0 Å². The number of carbonyl (C=O) groups is 1. The number of ether oxygens (including phenoxy) is 1. The van der Waals surface area contributed by atoms with Gasteiger partial charge in [-0.2, -0.15) is 0 Å². The molecule has 24 heavy (non-hydrogen) atoms. The summed E-state index contributed by atoms with van der Waals surface area (Å²) in [6.45, 7) is 8.68.